The van der Waals surface area contributed by atoms with Crippen LogP contribution in [0.4, 0.5) is 0 Å². The fourth-order valence-corrected chi connectivity index (χ4v) is 2.61. The first-order valence-corrected chi connectivity index (χ1v) is 8.33. The van der Waals surface area contributed by atoms with Gasteiger partial charge in [0, 0.05) is 23.9 Å². The molecule has 0 aliphatic heterocycles. The van der Waals surface area contributed by atoms with Crippen molar-refractivity contribution in [3.8, 4) is 5.69 Å². The van der Waals surface area contributed by atoms with Gasteiger partial charge in [-0.05, 0) is 24.8 Å². The Bertz CT molecular complexity index is 568. The molecular formula is C16H21N3OS. The van der Waals surface area contributed by atoms with Crippen LogP contribution >= 0.6 is 11.8 Å². The molecule has 0 bridgehead atoms. The Morgan fingerprint density at radius 2 is 2.14 bits per heavy atom. The number of nitrogens with zero attached hydrogens (tertiary/aromatic N) is 2. The van der Waals surface area contributed by atoms with Gasteiger partial charge < -0.3 is 5.32 Å². The van der Waals surface area contributed by atoms with Crippen LogP contribution in [0, 0.1) is 0 Å². The van der Waals surface area contributed by atoms with E-state index < -0.39 is 0 Å². The summed E-state index contributed by atoms with van der Waals surface area (Å²) in [7, 11) is 0. The predicted molar refractivity (Wildman–Crippen MR) is 87.7 cm³/mol. The van der Waals surface area contributed by atoms with Crippen LogP contribution in [0.5, 0.6) is 0 Å². The second-order valence-electron chi connectivity index (χ2n) is 4.79. The van der Waals surface area contributed by atoms with Crippen LogP contribution in [0.2, 0.25) is 0 Å². The minimum absolute atomic E-state index is 0.0263. The molecule has 0 saturated heterocycles. The zero-order chi connectivity index (χ0) is 15.1. The van der Waals surface area contributed by atoms with E-state index in [9.17, 15) is 4.79 Å². The molecule has 112 valence electrons. The Balaban J connectivity index is 1.93. The molecule has 1 unspecified atom stereocenters. The molecule has 5 heteroatoms. The van der Waals surface area contributed by atoms with Gasteiger partial charge in [0.1, 0.15) is 0 Å². The summed E-state index contributed by atoms with van der Waals surface area (Å²) in [5.41, 5.74) is 2.02. The van der Waals surface area contributed by atoms with Gasteiger partial charge in [0.2, 0.25) is 5.91 Å². The molecule has 1 atom stereocenters. The smallest absolute Gasteiger partial charge is 0.221 e. The van der Waals surface area contributed by atoms with E-state index in [1.54, 1.807) is 18.0 Å². The van der Waals surface area contributed by atoms with Crippen molar-refractivity contribution in [3.05, 3.63) is 48.3 Å². The van der Waals surface area contributed by atoms with Crippen LogP contribution in [-0.2, 0) is 4.79 Å². The highest BCUT2D eigenvalue weighted by Crippen LogP contribution is 2.14. The minimum atomic E-state index is -0.0263. The average molecular weight is 303 g/mol. The van der Waals surface area contributed by atoms with Crippen LogP contribution in [0.1, 0.15) is 31.9 Å². The summed E-state index contributed by atoms with van der Waals surface area (Å²) in [6.45, 7) is 4.08. The Morgan fingerprint density at radius 3 is 2.86 bits per heavy atom. The Labute approximate surface area is 129 Å². The number of nitrogens with one attached hydrogen (secondary N) is 1. The third kappa shape index (κ3) is 4.63. The number of aromatic nitrogens is 2. The summed E-state index contributed by atoms with van der Waals surface area (Å²) in [4.78, 5) is 11.8. The van der Waals surface area contributed by atoms with Crippen molar-refractivity contribution >= 4 is 17.7 Å². The largest absolute Gasteiger partial charge is 0.349 e. The van der Waals surface area contributed by atoms with Gasteiger partial charge in [-0.3, -0.25) is 4.79 Å². The van der Waals surface area contributed by atoms with Gasteiger partial charge in [-0.1, -0.05) is 25.1 Å². The molecule has 21 heavy (non-hydrogen) atoms. The fraction of sp³-hybridized carbons (Fsp3) is 0.375. The molecule has 0 radical (unpaired) electrons. The standard InChI is InChI=1S/C16H21N3OS/c1-3-21-10-9-16(20)18-13(2)14-11-17-19(12-14)15-7-5-4-6-8-15/h4-8,11-13H,3,9-10H2,1-2H3,(H,18,20). The lowest BCUT2D eigenvalue weighted by Crippen LogP contribution is -2.26. The van der Waals surface area contributed by atoms with Gasteiger partial charge in [0.25, 0.3) is 0 Å². The number of carbonyl (C=O) groups is 1. The lowest BCUT2D eigenvalue weighted by molar-refractivity contribution is -0.121. The van der Waals surface area contributed by atoms with E-state index in [0.717, 1.165) is 22.8 Å². The number of para-hydroxylation sites is 1. The van der Waals surface area contributed by atoms with Crippen LogP contribution in [-0.4, -0.2) is 27.2 Å². The van der Waals surface area contributed by atoms with Gasteiger partial charge >= 0.3 is 0 Å². The number of rotatable bonds is 7. The van der Waals surface area contributed by atoms with E-state index >= 15 is 0 Å². The second-order valence-corrected chi connectivity index (χ2v) is 6.18. The van der Waals surface area contributed by atoms with Crippen molar-refractivity contribution in [2.45, 2.75) is 26.3 Å². The first kappa shape index (κ1) is 15.6. The number of hydrogen-bond acceptors (Lipinski definition) is 3. The molecule has 0 spiro atoms. The summed E-state index contributed by atoms with van der Waals surface area (Å²) in [6, 6.07) is 9.91. The van der Waals surface area contributed by atoms with Gasteiger partial charge in [0.05, 0.1) is 17.9 Å². The zero-order valence-corrected chi connectivity index (χ0v) is 13.3. The molecule has 2 aromatic rings. The van der Waals surface area contributed by atoms with Gasteiger partial charge in [-0.15, -0.1) is 0 Å². The lowest BCUT2D eigenvalue weighted by Gasteiger charge is -2.11. The third-order valence-electron chi connectivity index (χ3n) is 3.18. The van der Waals surface area contributed by atoms with Gasteiger partial charge in [-0.2, -0.15) is 16.9 Å². The molecule has 1 amide bonds. The average Bonchev–Trinajstić information content (AvgIpc) is 2.98. The van der Waals surface area contributed by atoms with Crippen LogP contribution in [0.15, 0.2) is 42.7 Å². The normalized spacial score (nSPS) is 12.1. The van der Waals surface area contributed by atoms with E-state index in [-0.39, 0.29) is 11.9 Å². The number of amides is 1. The van der Waals surface area contributed by atoms with E-state index in [0.29, 0.717) is 6.42 Å². The van der Waals surface area contributed by atoms with Crippen molar-refractivity contribution in [1.29, 1.82) is 0 Å². The topological polar surface area (TPSA) is 46.9 Å². The van der Waals surface area contributed by atoms with E-state index in [1.807, 2.05) is 48.1 Å². The molecule has 0 saturated carbocycles. The second kappa shape index (κ2) is 7.88. The van der Waals surface area contributed by atoms with Gasteiger partial charge in [0.15, 0.2) is 0 Å². The fourth-order valence-electron chi connectivity index (χ4n) is 1.99. The van der Waals surface area contributed by atoms with Crippen LogP contribution < -0.4 is 5.32 Å². The summed E-state index contributed by atoms with van der Waals surface area (Å²) in [6.07, 6.45) is 4.33. The number of carbonyl (C=O) groups excluding carboxylic acids is 1. The van der Waals surface area contributed by atoms with Crippen LogP contribution in [0.3, 0.4) is 0 Å². The highest BCUT2D eigenvalue weighted by Gasteiger charge is 2.11. The Morgan fingerprint density at radius 1 is 1.38 bits per heavy atom. The predicted octanol–water partition coefficient (Wildman–Crippen LogP) is 3.19. The monoisotopic (exact) mass is 303 g/mol. The maximum absolute atomic E-state index is 11.8. The van der Waals surface area contributed by atoms with Crippen molar-refractivity contribution in [2.24, 2.45) is 0 Å². The Hall–Kier alpha value is -1.75. The molecule has 1 heterocycles. The SMILES string of the molecule is CCSCCC(=O)NC(C)c1cnn(-c2ccccc2)c1. The van der Waals surface area contributed by atoms with E-state index in [4.69, 9.17) is 0 Å². The molecule has 2 rings (SSSR count). The molecule has 1 aromatic carbocycles. The first-order valence-electron chi connectivity index (χ1n) is 7.17. The number of benzene rings is 1. The quantitative estimate of drug-likeness (QED) is 0.799. The van der Waals surface area contributed by atoms with Crippen molar-refractivity contribution < 1.29 is 4.79 Å². The summed E-state index contributed by atoms with van der Waals surface area (Å²) < 4.78 is 1.82. The van der Waals surface area contributed by atoms with Crippen molar-refractivity contribution in [2.75, 3.05) is 11.5 Å². The molecule has 0 fully saturated rings. The lowest BCUT2D eigenvalue weighted by atomic mass is 10.2. The minimum Gasteiger partial charge on any atom is -0.349 e. The van der Waals surface area contributed by atoms with Gasteiger partial charge in [-0.25, -0.2) is 4.68 Å². The van der Waals surface area contributed by atoms with Crippen LogP contribution in [0.25, 0.3) is 5.69 Å². The van der Waals surface area contributed by atoms with Crippen molar-refractivity contribution in [1.82, 2.24) is 15.1 Å². The first-order chi connectivity index (χ1) is 10.2. The highest BCUT2D eigenvalue weighted by atomic mass is 32.2. The molecule has 4 nitrogen and oxygen atoms in total. The zero-order valence-electron chi connectivity index (χ0n) is 12.5. The third-order valence-corrected chi connectivity index (χ3v) is 4.08. The van der Waals surface area contributed by atoms with Crippen molar-refractivity contribution in [3.63, 3.8) is 0 Å². The molecule has 1 aromatic heterocycles. The van der Waals surface area contributed by atoms with E-state index in [1.165, 1.54) is 0 Å². The summed E-state index contributed by atoms with van der Waals surface area (Å²) in [5.74, 6) is 2.02. The molecule has 0 aliphatic carbocycles. The number of hydrogen-bond donors (Lipinski definition) is 1. The summed E-state index contributed by atoms with van der Waals surface area (Å²) >= 11 is 1.78. The number of thioether (sulfide) groups is 1. The van der Waals surface area contributed by atoms with E-state index in [2.05, 4.69) is 17.3 Å². The maximum atomic E-state index is 11.8. The molecule has 1 N–H and O–H groups in total. The molecular weight excluding hydrogens is 282 g/mol. The molecule has 0 aliphatic rings. The summed E-state index contributed by atoms with van der Waals surface area (Å²) in [5, 5.41) is 7.37. The highest BCUT2D eigenvalue weighted by molar-refractivity contribution is 7.99. The maximum Gasteiger partial charge on any atom is 0.221 e. The Kier molecular flexibility index (Phi) is 5.87.